The third-order valence-corrected chi connectivity index (χ3v) is 9.79. The van der Waals surface area contributed by atoms with Crippen molar-refractivity contribution in [3.63, 3.8) is 0 Å². The molecule has 1 saturated carbocycles. The van der Waals surface area contributed by atoms with E-state index in [1.54, 1.807) is 4.90 Å². The molecule has 0 spiro atoms. The Hall–Kier alpha value is -5.00. The number of nitrogens with one attached hydrogen (secondary N) is 1. The number of ether oxygens (including phenoxy) is 2. The first-order valence-corrected chi connectivity index (χ1v) is 16.8. The Morgan fingerprint density at radius 3 is 2.69 bits per heavy atom. The van der Waals surface area contributed by atoms with E-state index in [0.29, 0.717) is 18.6 Å². The summed E-state index contributed by atoms with van der Waals surface area (Å²) in [7, 11) is 0. The molecule has 2 saturated heterocycles. The molecular formula is C37H36F4N6O4. The normalized spacial score (nSPS) is 20.1. The average Bonchev–Trinajstić information content (AvgIpc) is 3.90. The van der Waals surface area contributed by atoms with E-state index in [4.69, 9.17) is 15.9 Å². The van der Waals surface area contributed by atoms with Crippen LogP contribution in [0.25, 0.3) is 32.9 Å². The van der Waals surface area contributed by atoms with Crippen molar-refractivity contribution >= 4 is 33.4 Å². The zero-order chi connectivity index (χ0) is 35.9. The number of amides is 1. The number of hydrogen-bond donors (Lipinski definition) is 2. The summed E-state index contributed by atoms with van der Waals surface area (Å²) < 4.78 is 73.4. The van der Waals surface area contributed by atoms with Crippen molar-refractivity contribution in [2.45, 2.75) is 37.6 Å². The van der Waals surface area contributed by atoms with Crippen molar-refractivity contribution in [3.8, 4) is 35.4 Å². The lowest BCUT2D eigenvalue weighted by Gasteiger charge is -2.30. The molecule has 10 nitrogen and oxygen atoms in total. The van der Waals surface area contributed by atoms with Crippen molar-refractivity contribution in [2.75, 3.05) is 57.4 Å². The Morgan fingerprint density at radius 2 is 1.96 bits per heavy atom. The highest BCUT2D eigenvalue weighted by Gasteiger charge is 2.45. The molecule has 266 valence electrons. The van der Waals surface area contributed by atoms with Crippen LogP contribution < -0.4 is 15.0 Å². The first kappa shape index (κ1) is 34.4. The minimum absolute atomic E-state index is 0.0311. The number of nitrogens with zero attached hydrogens (tertiary/aromatic N) is 5. The second kappa shape index (κ2) is 13.6. The molecule has 51 heavy (non-hydrogen) atoms. The van der Waals surface area contributed by atoms with Crippen molar-refractivity contribution in [3.05, 3.63) is 60.3 Å². The Labute approximate surface area is 291 Å². The molecule has 3 aliphatic rings. The van der Waals surface area contributed by atoms with Gasteiger partial charge in [0.15, 0.2) is 5.82 Å². The number of carbonyl (C=O) groups excluding carboxylic acids is 1. The number of morpholine rings is 1. The molecule has 7 rings (SSSR count). The number of anilines is 1. The number of benzene rings is 2. The minimum Gasteiger partial charge on any atom is -0.508 e. The van der Waals surface area contributed by atoms with Gasteiger partial charge >= 0.3 is 6.01 Å². The van der Waals surface area contributed by atoms with Crippen molar-refractivity contribution in [1.29, 1.82) is 0 Å². The van der Waals surface area contributed by atoms with Crippen molar-refractivity contribution < 1.29 is 36.9 Å². The van der Waals surface area contributed by atoms with E-state index in [1.165, 1.54) is 24.4 Å². The molecule has 14 heteroatoms. The van der Waals surface area contributed by atoms with Gasteiger partial charge in [-0.15, -0.1) is 6.42 Å². The van der Waals surface area contributed by atoms with Gasteiger partial charge in [-0.1, -0.05) is 18.6 Å². The summed E-state index contributed by atoms with van der Waals surface area (Å²) >= 11 is 0. The summed E-state index contributed by atoms with van der Waals surface area (Å²) in [6.45, 7) is 7.10. The minimum atomic E-state index is -3.11. The predicted octanol–water partition coefficient (Wildman–Crippen LogP) is 5.21. The van der Waals surface area contributed by atoms with Crippen LogP contribution in [0.2, 0.25) is 0 Å². The van der Waals surface area contributed by atoms with Crippen LogP contribution in [0.4, 0.5) is 23.4 Å². The first-order chi connectivity index (χ1) is 24.5. The van der Waals surface area contributed by atoms with Gasteiger partial charge in [0.05, 0.1) is 36.8 Å². The highest BCUT2D eigenvalue weighted by molar-refractivity contribution is 6.03. The number of alkyl halides is 2. The molecule has 1 aliphatic carbocycles. The quantitative estimate of drug-likeness (QED) is 0.138. The number of rotatable bonds is 9. The topological polar surface area (TPSA) is 113 Å². The lowest BCUT2D eigenvalue weighted by molar-refractivity contribution is -0.117. The zero-order valence-corrected chi connectivity index (χ0v) is 27.7. The number of hydrogen-bond acceptors (Lipinski definition) is 9. The lowest BCUT2D eigenvalue weighted by Crippen LogP contribution is -2.43. The summed E-state index contributed by atoms with van der Waals surface area (Å²) in [5.41, 5.74) is -0.757. The third-order valence-electron chi connectivity index (χ3n) is 9.79. The maximum Gasteiger partial charge on any atom is 0.319 e. The maximum absolute atomic E-state index is 16.9. The van der Waals surface area contributed by atoms with E-state index in [0.717, 1.165) is 44.6 Å². The molecule has 0 bridgehead atoms. The van der Waals surface area contributed by atoms with Gasteiger partial charge in [-0.2, -0.15) is 9.97 Å². The van der Waals surface area contributed by atoms with Crippen LogP contribution in [-0.2, 0) is 9.53 Å². The van der Waals surface area contributed by atoms with Gasteiger partial charge < -0.3 is 24.8 Å². The molecule has 2 aromatic heterocycles. The van der Waals surface area contributed by atoms with E-state index in [-0.39, 0.29) is 75.8 Å². The lowest BCUT2D eigenvalue weighted by atomic mass is 9.96. The monoisotopic (exact) mass is 704 g/mol. The van der Waals surface area contributed by atoms with Crippen LogP contribution in [-0.4, -0.2) is 95.4 Å². The summed E-state index contributed by atoms with van der Waals surface area (Å²) in [6.07, 6.45) is 8.63. The molecule has 2 aliphatic heterocycles. The van der Waals surface area contributed by atoms with Crippen LogP contribution in [0.15, 0.2) is 43.1 Å². The van der Waals surface area contributed by atoms with Gasteiger partial charge in [0, 0.05) is 68.1 Å². The fraction of sp³-hybridized carbons (Fsp3) is 0.405. The van der Waals surface area contributed by atoms with Gasteiger partial charge in [0.1, 0.15) is 28.6 Å². The molecule has 4 aromatic rings. The number of fused-ring (bicyclic) bond motifs is 2. The second-order valence-corrected chi connectivity index (χ2v) is 13.5. The number of phenolic OH excluding ortho intramolecular Hbond substituents is 1. The fourth-order valence-corrected chi connectivity index (χ4v) is 6.98. The van der Waals surface area contributed by atoms with Gasteiger partial charge in [-0.05, 0) is 42.5 Å². The summed E-state index contributed by atoms with van der Waals surface area (Å²) in [5.74, 6) is -3.18. The van der Waals surface area contributed by atoms with E-state index in [9.17, 15) is 23.1 Å². The van der Waals surface area contributed by atoms with Gasteiger partial charge in [0.2, 0.25) is 5.91 Å². The molecule has 1 atom stereocenters. The number of halogens is 4. The highest BCUT2D eigenvalue weighted by Crippen LogP contribution is 2.47. The number of pyridine rings is 1. The largest absolute Gasteiger partial charge is 0.508 e. The Bertz CT molecular complexity index is 2060. The zero-order valence-electron chi connectivity index (χ0n) is 27.7. The number of carbonyl (C=O) groups is 1. The summed E-state index contributed by atoms with van der Waals surface area (Å²) in [6, 6.07) is 4.05. The van der Waals surface area contributed by atoms with Gasteiger partial charge in [-0.25, -0.2) is 17.6 Å². The standard InChI is InChI=1S/C37H36F4N6O4/c1-3-25-28(38)6-5-22-15-24(48)16-26(30(22)25)32-31(39)33-27(18-42-32)34(47-10-9-37(40,41)17-23(19-47)43-29(49)4-2)45-35(44-33)51-21-36(7-8-36)20-46-11-13-50-14-12-46/h1,4-6,15-16,18,23,48H,2,7-14,17,19-21H2,(H,43,49)/t23-/m1/s1. The van der Waals surface area contributed by atoms with E-state index >= 15 is 4.39 Å². The Balaban J connectivity index is 1.34. The van der Waals surface area contributed by atoms with Gasteiger partial charge in [-0.3, -0.25) is 14.7 Å². The SMILES string of the molecule is C#Cc1c(F)ccc2cc(O)cc(-c3ncc4c(N5CCC(F)(F)C[C@@H](NC(=O)C=C)C5)nc(OCC5(CN6CCOCC6)CC5)nc4c3F)c12. The molecule has 1 amide bonds. The molecule has 2 aromatic carbocycles. The fourth-order valence-electron chi connectivity index (χ4n) is 6.98. The van der Waals surface area contributed by atoms with Crippen LogP contribution in [0.5, 0.6) is 11.8 Å². The summed E-state index contributed by atoms with van der Waals surface area (Å²) in [4.78, 5) is 29.5. The Morgan fingerprint density at radius 1 is 1.18 bits per heavy atom. The van der Waals surface area contributed by atoms with Crippen LogP contribution in [0, 0.1) is 29.4 Å². The number of aromatic nitrogens is 3. The number of phenols is 1. The van der Waals surface area contributed by atoms with Crippen LogP contribution in [0.3, 0.4) is 0 Å². The molecule has 0 radical (unpaired) electrons. The molecule has 4 heterocycles. The smallest absolute Gasteiger partial charge is 0.319 e. The summed E-state index contributed by atoms with van der Waals surface area (Å²) in [5, 5.41) is 13.8. The van der Waals surface area contributed by atoms with E-state index in [2.05, 4.69) is 37.7 Å². The van der Waals surface area contributed by atoms with E-state index < -0.39 is 42.3 Å². The first-order valence-electron chi connectivity index (χ1n) is 16.8. The third kappa shape index (κ3) is 7.13. The van der Waals surface area contributed by atoms with Crippen LogP contribution in [0.1, 0.15) is 31.2 Å². The van der Waals surface area contributed by atoms with E-state index in [1.807, 2.05) is 0 Å². The highest BCUT2D eigenvalue weighted by atomic mass is 19.3. The second-order valence-electron chi connectivity index (χ2n) is 13.5. The Kier molecular flexibility index (Phi) is 9.19. The molecule has 0 unspecified atom stereocenters. The van der Waals surface area contributed by atoms with Crippen LogP contribution >= 0.6 is 0 Å². The average molecular weight is 705 g/mol. The molecule has 2 N–H and O–H groups in total. The van der Waals surface area contributed by atoms with Gasteiger partial charge in [0.25, 0.3) is 5.92 Å². The number of terminal acetylenes is 1. The number of aromatic hydroxyl groups is 1. The van der Waals surface area contributed by atoms with Crippen molar-refractivity contribution in [2.24, 2.45) is 5.41 Å². The maximum atomic E-state index is 16.9. The molecular weight excluding hydrogens is 668 g/mol. The predicted molar refractivity (Wildman–Crippen MR) is 183 cm³/mol. The van der Waals surface area contributed by atoms with Crippen molar-refractivity contribution in [1.82, 2.24) is 25.2 Å². The molecule has 3 fully saturated rings.